The van der Waals surface area contributed by atoms with Crippen LogP contribution in [0.2, 0.25) is 0 Å². The number of carboxylic acids is 1. The molecular formula is C11H10O2S. The number of benzene rings is 1. The quantitative estimate of drug-likeness (QED) is 0.569. The zero-order chi connectivity index (χ0) is 10.4. The summed E-state index contributed by atoms with van der Waals surface area (Å²) >= 11 is 3.97. The summed E-state index contributed by atoms with van der Waals surface area (Å²) in [5.41, 5.74) is 1.51. The van der Waals surface area contributed by atoms with E-state index in [2.05, 4.69) is 24.5 Å². The van der Waals surface area contributed by atoms with E-state index in [0.29, 0.717) is 5.75 Å². The molecule has 0 aliphatic heterocycles. The average molecular weight is 206 g/mol. The first-order valence-electron chi connectivity index (χ1n) is 4.13. The van der Waals surface area contributed by atoms with Crippen molar-refractivity contribution >= 4 is 18.6 Å². The second-order valence-electron chi connectivity index (χ2n) is 2.69. The number of hydrogen-bond acceptors (Lipinski definition) is 2. The van der Waals surface area contributed by atoms with E-state index < -0.39 is 5.97 Å². The molecule has 0 aliphatic carbocycles. The van der Waals surface area contributed by atoms with Gasteiger partial charge in [0.15, 0.2) is 0 Å². The lowest BCUT2D eigenvalue weighted by Crippen LogP contribution is -2.01. The molecule has 2 nitrogen and oxygen atoms in total. The van der Waals surface area contributed by atoms with Crippen LogP contribution in [0.25, 0.3) is 0 Å². The Morgan fingerprint density at radius 1 is 1.43 bits per heavy atom. The third kappa shape index (κ3) is 3.15. The highest BCUT2D eigenvalue weighted by Crippen LogP contribution is 2.07. The van der Waals surface area contributed by atoms with E-state index in [1.807, 2.05) is 18.2 Å². The predicted octanol–water partition coefficient (Wildman–Crippen LogP) is 1.59. The fraction of sp³-hybridized carbons (Fsp3) is 0.182. The topological polar surface area (TPSA) is 37.3 Å². The first-order valence-corrected chi connectivity index (χ1v) is 4.76. The Labute approximate surface area is 88.4 Å². The second-order valence-corrected chi connectivity index (χ2v) is 3.00. The highest BCUT2D eigenvalue weighted by Gasteiger charge is 2.03. The molecule has 0 heterocycles. The van der Waals surface area contributed by atoms with Gasteiger partial charge in [0.05, 0.1) is 12.2 Å². The van der Waals surface area contributed by atoms with Crippen LogP contribution in [-0.4, -0.2) is 16.8 Å². The summed E-state index contributed by atoms with van der Waals surface area (Å²) in [7, 11) is 0. The first kappa shape index (κ1) is 10.7. The summed E-state index contributed by atoms with van der Waals surface area (Å²) in [5, 5.41) is 8.65. The molecule has 0 atom stereocenters. The molecule has 0 aromatic heterocycles. The molecule has 14 heavy (non-hydrogen) atoms. The highest BCUT2D eigenvalue weighted by atomic mass is 32.1. The van der Waals surface area contributed by atoms with E-state index in [4.69, 9.17) is 5.11 Å². The maximum Gasteiger partial charge on any atom is 0.307 e. The Hall–Kier alpha value is -1.40. The third-order valence-electron chi connectivity index (χ3n) is 1.66. The SMILES string of the molecule is O=C(O)Cc1ccccc1C#CCS. The molecule has 1 N–H and O–H groups in total. The lowest BCUT2D eigenvalue weighted by atomic mass is 10.1. The van der Waals surface area contributed by atoms with Crippen LogP contribution in [0.5, 0.6) is 0 Å². The molecular weight excluding hydrogens is 196 g/mol. The van der Waals surface area contributed by atoms with Gasteiger partial charge >= 0.3 is 5.97 Å². The van der Waals surface area contributed by atoms with Gasteiger partial charge in [-0.15, -0.1) is 0 Å². The molecule has 0 unspecified atom stereocenters. The number of rotatable bonds is 2. The van der Waals surface area contributed by atoms with Crippen molar-refractivity contribution in [2.24, 2.45) is 0 Å². The fourth-order valence-electron chi connectivity index (χ4n) is 1.09. The molecule has 0 saturated heterocycles. The Morgan fingerprint density at radius 2 is 2.14 bits per heavy atom. The number of hydrogen-bond donors (Lipinski definition) is 2. The monoisotopic (exact) mass is 206 g/mol. The van der Waals surface area contributed by atoms with Crippen molar-refractivity contribution in [2.75, 3.05) is 5.75 Å². The second kappa shape index (κ2) is 5.36. The van der Waals surface area contributed by atoms with E-state index in [1.165, 1.54) is 0 Å². The zero-order valence-corrected chi connectivity index (χ0v) is 8.42. The summed E-state index contributed by atoms with van der Waals surface area (Å²) in [4.78, 5) is 10.5. The van der Waals surface area contributed by atoms with E-state index in [-0.39, 0.29) is 6.42 Å². The lowest BCUT2D eigenvalue weighted by Gasteiger charge is -1.99. The van der Waals surface area contributed by atoms with Crippen LogP contribution in [0.15, 0.2) is 24.3 Å². The smallest absolute Gasteiger partial charge is 0.307 e. The van der Waals surface area contributed by atoms with Crippen molar-refractivity contribution in [2.45, 2.75) is 6.42 Å². The van der Waals surface area contributed by atoms with Crippen molar-refractivity contribution in [1.82, 2.24) is 0 Å². The Morgan fingerprint density at radius 3 is 2.79 bits per heavy atom. The molecule has 0 saturated carbocycles. The molecule has 0 radical (unpaired) electrons. The molecule has 0 amide bonds. The van der Waals surface area contributed by atoms with Gasteiger partial charge in [-0.1, -0.05) is 30.0 Å². The summed E-state index contributed by atoms with van der Waals surface area (Å²) in [6.45, 7) is 0. The Balaban J connectivity index is 2.96. The Kier molecular flexibility index (Phi) is 4.09. The molecule has 0 fully saturated rings. The van der Waals surface area contributed by atoms with Gasteiger partial charge in [-0.3, -0.25) is 4.79 Å². The molecule has 0 spiro atoms. The van der Waals surface area contributed by atoms with Crippen LogP contribution in [0.1, 0.15) is 11.1 Å². The summed E-state index contributed by atoms with van der Waals surface area (Å²) in [6, 6.07) is 7.24. The minimum absolute atomic E-state index is 0.0113. The molecule has 1 rings (SSSR count). The van der Waals surface area contributed by atoms with E-state index in [1.54, 1.807) is 6.07 Å². The Bertz CT molecular complexity index is 388. The van der Waals surface area contributed by atoms with E-state index in [9.17, 15) is 4.79 Å². The molecule has 3 heteroatoms. The van der Waals surface area contributed by atoms with Crippen molar-refractivity contribution in [3.63, 3.8) is 0 Å². The van der Waals surface area contributed by atoms with Gasteiger partial charge in [-0.2, -0.15) is 12.6 Å². The van der Waals surface area contributed by atoms with E-state index >= 15 is 0 Å². The predicted molar refractivity (Wildman–Crippen MR) is 58.5 cm³/mol. The summed E-state index contributed by atoms with van der Waals surface area (Å²) in [6.07, 6.45) is 0.0113. The van der Waals surface area contributed by atoms with Crippen molar-refractivity contribution in [1.29, 1.82) is 0 Å². The van der Waals surface area contributed by atoms with Gasteiger partial charge in [0, 0.05) is 5.56 Å². The number of carboxylic acid groups (broad SMARTS) is 1. The van der Waals surface area contributed by atoms with Gasteiger partial charge in [-0.25, -0.2) is 0 Å². The minimum Gasteiger partial charge on any atom is -0.481 e. The molecule has 1 aromatic rings. The van der Waals surface area contributed by atoms with Crippen molar-refractivity contribution in [3.05, 3.63) is 35.4 Å². The van der Waals surface area contributed by atoms with E-state index in [0.717, 1.165) is 11.1 Å². The number of aliphatic carboxylic acids is 1. The minimum atomic E-state index is -0.842. The number of thiol groups is 1. The summed E-state index contributed by atoms with van der Waals surface area (Å²) < 4.78 is 0. The largest absolute Gasteiger partial charge is 0.481 e. The van der Waals surface area contributed by atoms with Crippen LogP contribution < -0.4 is 0 Å². The van der Waals surface area contributed by atoms with Gasteiger partial charge in [0.1, 0.15) is 0 Å². The number of carbonyl (C=O) groups is 1. The van der Waals surface area contributed by atoms with Crippen LogP contribution >= 0.6 is 12.6 Å². The molecule has 1 aromatic carbocycles. The van der Waals surface area contributed by atoms with Crippen molar-refractivity contribution < 1.29 is 9.90 Å². The zero-order valence-electron chi connectivity index (χ0n) is 7.53. The first-order chi connectivity index (χ1) is 6.74. The standard InChI is InChI=1S/C11H10O2S/c12-11(13)8-10-5-2-1-4-9(10)6-3-7-14/h1-2,4-5,14H,7-8H2,(H,12,13). The molecule has 0 aliphatic rings. The van der Waals surface area contributed by atoms with Crippen LogP contribution in [0.4, 0.5) is 0 Å². The van der Waals surface area contributed by atoms with Gasteiger partial charge in [0.2, 0.25) is 0 Å². The normalized spacial score (nSPS) is 8.93. The van der Waals surface area contributed by atoms with Crippen LogP contribution in [0, 0.1) is 11.8 Å². The maximum absolute atomic E-state index is 10.5. The van der Waals surface area contributed by atoms with Crippen LogP contribution in [0.3, 0.4) is 0 Å². The molecule has 0 bridgehead atoms. The highest BCUT2D eigenvalue weighted by molar-refractivity contribution is 7.80. The average Bonchev–Trinajstić information content (AvgIpc) is 2.16. The van der Waals surface area contributed by atoms with Crippen LogP contribution in [-0.2, 0) is 11.2 Å². The van der Waals surface area contributed by atoms with Crippen molar-refractivity contribution in [3.8, 4) is 11.8 Å². The molecule has 72 valence electrons. The van der Waals surface area contributed by atoms with Gasteiger partial charge < -0.3 is 5.11 Å². The maximum atomic E-state index is 10.5. The third-order valence-corrected chi connectivity index (χ3v) is 1.82. The van der Waals surface area contributed by atoms with Gasteiger partial charge in [-0.05, 0) is 11.6 Å². The fourth-order valence-corrected chi connectivity index (χ4v) is 1.17. The van der Waals surface area contributed by atoms with Gasteiger partial charge in [0.25, 0.3) is 0 Å². The summed E-state index contributed by atoms with van der Waals surface area (Å²) in [5.74, 6) is 5.31. The lowest BCUT2D eigenvalue weighted by molar-refractivity contribution is -0.136.